The van der Waals surface area contributed by atoms with Gasteiger partial charge in [0.05, 0.1) is 25.1 Å². The van der Waals surface area contributed by atoms with Crippen molar-refractivity contribution in [3.8, 4) is 0 Å². The van der Waals surface area contributed by atoms with Crippen molar-refractivity contribution in [2.24, 2.45) is 0 Å². The van der Waals surface area contributed by atoms with E-state index < -0.39 is 6.72 Å². The first-order chi connectivity index (χ1) is 7.09. The third-order valence-corrected chi connectivity index (χ3v) is 3.81. The molecule has 0 radical (unpaired) electrons. The third-order valence-electron chi connectivity index (χ3n) is 1.46. The summed E-state index contributed by atoms with van der Waals surface area (Å²) in [6.07, 6.45) is 1.68. The molecule has 15 heavy (non-hydrogen) atoms. The van der Waals surface area contributed by atoms with Gasteiger partial charge in [0.1, 0.15) is 0 Å². The van der Waals surface area contributed by atoms with Gasteiger partial charge < -0.3 is 4.62 Å². The molecule has 5 nitrogen and oxygen atoms in total. The number of rotatable bonds is 6. The number of hydrogen-bond donors (Lipinski definition) is 0. The van der Waals surface area contributed by atoms with E-state index in [4.69, 9.17) is 25.5 Å². The molecule has 0 aromatic carbocycles. The summed E-state index contributed by atoms with van der Waals surface area (Å²) in [5.74, 6) is 0. The second-order valence-electron chi connectivity index (χ2n) is 2.72. The van der Waals surface area contributed by atoms with Crippen LogP contribution in [0.5, 0.6) is 0 Å². The highest BCUT2D eigenvalue weighted by Crippen LogP contribution is 2.45. The van der Waals surface area contributed by atoms with Gasteiger partial charge in [-0.1, -0.05) is 4.85 Å². The molecule has 0 fully saturated rings. The Hall–Kier alpha value is -0.420. The van der Waals surface area contributed by atoms with Crippen LogP contribution in [0.4, 0.5) is 0 Å². The van der Waals surface area contributed by atoms with Crippen molar-refractivity contribution in [2.75, 3.05) is 13.2 Å². The molecule has 0 unspecified atom stereocenters. The fourth-order valence-corrected chi connectivity index (χ4v) is 2.88. The lowest BCUT2D eigenvalue weighted by atomic mass is 10.5. The maximum Gasteiger partial charge on any atom is 0.402 e. The topological polar surface area (TPSA) is 45.5 Å². The van der Waals surface area contributed by atoms with Crippen molar-refractivity contribution in [3.63, 3.8) is 0 Å². The molecule has 0 aliphatic rings. The molecule has 86 valence electrons. The van der Waals surface area contributed by atoms with Crippen LogP contribution in [0.1, 0.15) is 19.5 Å². The van der Waals surface area contributed by atoms with Crippen molar-refractivity contribution in [3.05, 3.63) is 18.0 Å². The maximum atomic E-state index is 5.39. The van der Waals surface area contributed by atoms with E-state index in [1.165, 1.54) is 4.85 Å². The van der Waals surface area contributed by atoms with E-state index in [1.807, 2.05) is 26.8 Å². The SMILES string of the molecule is CCOP(=S)(OCC)On1ccc(C)n1. The van der Waals surface area contributed by atoms with Crippen LogP contribution >= 0.6 is 6.72 Å². The largest absolute Gasteiger partial charge is 0.402 e. The Morgan fingerprint density at radius 1 is 1.40 bits per heavy atom. The second-order valence-corrected chi connectivity index (χ2v) is 5.64. The highest BCUT2D eigenvalue weighted by molar-refractivity contribution is 8.07. The summed E-state index contributed by atoms with van der Waals surface area (Å²) in [6, 6.07) is 1.82. The summed E-state index contributed by atoms with van der Waals surface area (Å²) in [6.45, 7) is 3.77. The van der Waals surface area contributed by atoms with Crippen LogP contribution < -0.4 is 4.62 Å². The van der Waals surface area contributed by atoms with Crippen molar-refractivity contribution >= 4 is 18.5 Å². The van der Waals surface area contributed by atoms with E-state index in [0.717, 1.165) is 5.69 Å². The monoisotopic (exact) mass is 250 g/mol. The second kappa shape index (κ2) is 5.61. The van der Waals surface area contributed by atoms with Gasteiger partial charge in [0.2, 0.25) is 0 Å². The van der Waals surface area contributed by atoms with Gasteiger partial charge in [-0.15, -0.1) is 5.10 Å². The minimum atomic E-state index is -2.69. The van der Waals surface area contributed by atoms with Gasteiger partial charge in [-0.25, -0.2) is 0 Å². The summed E-state index contributed by atoms with van der Waals surface area (Å²) >= 11 is 5.18. The maximum absolute atomic E-state index is 5.39. The Bertz CT molecular complexity index is 345. The number of aryl methyl sites for hydroxylation is 1. The normalized spacial score (nSPS) is 11.7. The molecule has 0 saturated carbocycles. The lowest BCUT2D eigenvalue weighted by molar-refractivity contribution is 0.137. The molecule has 0 aliphatic heterocycles. The van der Waals surface area contributed by atoms with E-state index in [9.17, 15) is 0 Å². The molecule has 0 aliphatic carbocycles. The minimum Gasteiger partial charge on any atom is -0.315 e. The lowest BCUT2D eigenvalue weighted by Crippen LogP contribution is -2.13. The molecular formula is C8H15N2O3PS. The molecule has 0 spiro atoms. The third kappa shape index (κ3) is 3.91. The highest BCUT2D eigenvalue weighted by atomic mass is 32.5. The Kier molecular flexibility index (Phi) is 4.73. The zero-order valence-electron chi connectivity index (χ0n) is 9.04. The van der Waals surface area contributed by atoms with E-state index in [0.29, 0.717) is 13.2 Å². The quantitative estimate of drug-likeness (QED) is 0.722. The van der Waals surface area contributed by atoms with Crippen molar-refractivity contribution in [2.45, 2.75) is 20.8 Å². The Morgan fingerprint density at radius 2 is 2.00 bits per heavy atom. The minimum absolute atomic E-state index is 0.456. The highest BCUT2D eigenvalue weighted by Gasteiger charge is 2.21. The predicted molar refractivity (Wildman–Crippen MR) is 61.1 cm³/mol. The summed E-state index contributed by atoms with van der Waals surface area (Å²) in [5.41, 5.74) is 0.851. The number of aromatic nitrogens is 2. The average Bonchev–Trinajstić information content (AvgIpc) is 2.51. The summed E-state index contributed by atoms with van der Waals surface area (Å²) < 4.78 is 16.0. The molecule has 0 saturated heterocycles. The van der Waals surface area contributed by atoms with Crippen molar-refractivity contribution in [1.29, 1.82) is 0 Å². The van der Waals surface area contributed by atoms with Crippen molar-refractivity contribution in [1.82, 2.24) is 9.94 Å². The van der Waals surface area contributed by atoms with Crippen LogP contribution in [0.2, 0.25) is 0 Å². The van der Waals surface area contributed by atoms with Crippen molar-refractivity contribution < 1.29 is 13.7 Å². The molecule has 1 aromatic heterocycles. The standard InChI is InChI=1S/C8H15N2O3PS/c1-4-11-14(15,12-5-2)13-10-7-6-8(3)9-10/h6-7H,4-5H2,1-3H3. The van der Waals surface area contributed by atoms with Gasteiger partial charge >= 0.3 is 6.72 Å². The first-order valence-corrected chi connectivity index (χ1v) is 7.26. The zero-order chi connectivity index (χ0) is 11.3. The molecule has 1 rings (SSSR count). The first-order valence-electron chi connectivity index (χ1n) is 4.71. The van der Waals surface area contributed by atoms with Gasteiger partial charge in [-0.05, 0) is 26.8 Å². The fourth-order valence-electron chi connectivity index (χ4n) is 0.942. The van der Waals surface area contributed by atoms with Gasteiger partial charge in [0.15, 0.2) is 0 Å². The lowest BCUT2D eigenvalue weighted by Gasteiger charge is -2.19. The van der Waals surface area contributed by atoms with Gasteiger partial charge in [-0.2, -0.15) is 0 Å². The Balaban J connectivity index is 2.70. The molecule has 0 atom stereocenters. The number of hydrogen-bond acceptors (Lipinski definition) is 5. The average molecular weight is 250 g/mol. The van der Waals surface area contributed by atoms with E-state index in [-0.39, 0.29) is 0 Å². The molecular weight excluding hydrogens is 235 g/mol. The predicted octanol–water partition coefficient (Wildman–Crippen LogP) is 1.92. The zero-order valence-corrected chi connectivity index (χ0v) is 10.8. The Morgan fingerprint density at radius 3 is 2.40 bits per heavy atom. The van der Waals surface area contributed by atoms with Crippen LogP contribution in [0.25, 0.3) is 0 Å². The van der Waals surface area contributed by atoms with Gasteiger partial charge in [0.25, 0.3) is 0 Å². The first kappa shape index (κ1) is 12.6. The van der Waals surface area contributed by atoms with Gasteiger partial charge in [-0.3, -0.25) is 9.05 Å². The van der Waals surface area contributed by atoms with Crippen LogP contribution in [0.3, 0.4) is 0 Å². The molecule has 7 heteroatoms. The van der Waals surface area contributed by atoms with Gasteiger partial charge in [0, 0.05) is 11.8 Å². The smallest absolute Gasteiger partial charge is 0.315 e. The van der Waals surface area contributed by atoms with E-state index in [2.05, 4.69) is 5.10 Å². The molecule has 0 N–H and O–H groups in total. The molecule has 1 aromatic rings. The fraction of sp³-hybridized carbons (Fsp3) is 0.625. The van der Waals surface area contributed by atoms with Crippen LogP contribution in [0.15, 0.2) is 12.3 Å². The molecule has 1 heterocycles. The van der Waals surface area contributed by atoms with E-state index in [1.54, 1.807) is 6.20 Å². The van der Waals surface area contributed by atoms with Crippen LogP contribution in [0, 0.1) is 6.92 Å². The molecule has 0 bridgehead atoms. The van der Waals surface area contributed by atoms with Crippen LogP contribution in [-0.4, -0.2) is 23.2 Å². The summed E-state index contributed by atoms with van der Waals surface area (Å²) in [7, 11) is 0. The summed E-state index contributed by atoms with van der Waals surface area (Å²) in [5, 5.41) is 4.06. The molecule has 0 amide bonds. The number of nitrogens with zero attached hydrogens (tertiary/aromatic N) is 2. The summed E-state index contributed by atoms with van der Waals surface area (Å²) in [4.78, 5) is 1.29. The van der Waals surface area contributed by atoms with E-state index >= 15 is 0 Å². The Labute approximate surface area is 94.5 Å². The van der Waals surface area contributed by atoms with Crippen LogP contribution in [-0.2, 0) is 20.9 Å².